The molecule has 1 heterocycles. The molecule has 1 N–H and O–H groups in total. The summed E-state index contributed by atoms with van der Waals surface area (Å²) in [7, 11) is 0. The summed E-state index contributed by atoms with van der Waals surface area (Å²) in [5.74, 6) is 0.505. The van der Waals surface area contributed by atoms with Gasteiger partial charge in [-0.3, -0.25) is 0 Å². The third-order valence-corrected chi connectivity index (χ3v) is 5.54. The van der Waals surface area contributed by atoms with Gasteiger partial charge in [0.05, 0.1) is 11.7 Å². The molecule has 4 heteroatoms. The van der Waals surface area contributed by atoms with Crippen LogP contribution in [0.2, 0.25) is 0 Å². The van der Waals surface area contributed by atoms with E-state index in [0.29, 0.717) is 11.6 Å². The van der Waals surface area contributed by atoms with Crippen molar-refractivity contribution in [2.75, 3.05) is 5.32 Å². The maximum Gasteiger partial charge on any atom is 0.147 e. The largest absolute Gasteiger partial charge is 0.375 e. The molecule has 0 amide bonds. The Morgan fingerprint density at radius 2 is 1.95 bits per heavy atom. The molecule has 2 aliphatic rings. The Labute approximate surface area is 145 Å². The van der Waals surface area contributed by atoms with Crippen LogP contribution in [0.25, 0.3) is 0 Å². The second-order valence-electron chi connectivity index (χ2n) is 5.88. The summed E-state index contributed by atoms with van der Waals surface area (Å²) in [6, 6.07) is 12.0. The maximum absolute atomic E-state index is 14.4. The lowest BCUT2D eigenvalue weighted by Gasteiger charge is -2.37. The van der Waals surface area contributed by atoms with E-state index in [4.69, 9.17) is 0 Å². The Morgan fingerprint density at radius 3 is 2.77 bits per heavy atom. The average Bonchev–Trinajstić information content (AvgIpc) is 2.96. The summed E-state index contributed by atoms with van der Waals surface area (Å²) in [6.07, 6.45) is 5.46. The third kappa shape index (κ3) is 2.33. The minimum absolute atomic E-state index is 0.126. The van der Waals surface area contributed by atoms with Crippen LogP contribution in [0.1, 0.15) is 29.5 Å². The summed E-state index contributed by atoms with van der Waals surface area (Å²) < 4.78 is 16.3. The molecule has 2 aromatic carbocycles. The summed E-state index contributed by atoms with van der Waals surface area (Å²) in [5.41, 5.74) is 2.89. The molecule has 0 radical (unpaired) electrons. The number of hydrogen-bond donors (Lipinski definition) is 1. The lowest BCUT2D eigenvalue weighted by Crippen LogP contribution is -2.29. The van der Waals surface area contributed by atoms with E-state index in [9.17, 15) is 4.39 Å². The SMILES string of the molecule is Fc1cc(Br)cc2c1N[C@H](c1cccc(Br)c1)[C@@H]1CC=C[C@@H]21. The molecule has 0 aromatic heterocycles. The monoisotopic (exact) mass is 421 g/mol. The fourth-order valence-electron chi connectivity index (χ4n) is 3.65. The van der Waals surface area contributed by atoms with E-state index >= 15 is 0 Å². The van der Waals surface area contributed by atoms with Crippen LogP contribution in [-0.2, 0) is 0 Å². The van der Waals surface area contributed by atoms with Crippen LogP contribution in [0.3, 0.4) is 0 Å². The first-order chi connectivity index (χ1) is 10.6. The number of hydrogen-bond acceptors (Lipinski definition) is 1. The first-order valence-corrected chi connectivity index (χ1v) is 8.89. The molecule has 0 unspecified atom stereocenters. The zero-order valence-electron chi connectivity index (χ0n) is 11.7. The van der Waals surface area contributed by atoms with E-state index in [-0.39, 0.29) is 17.8 Å². The highest BCUT2D eigenvalue weighted by Gasteiger charge is 2.39. The van der Waals surface area contributed by atoms with Crippen LogP contribution in [0.4, 0.5) is 10.1 Å². The molecule has 1 aliphatic carbocycles. The van der Waals surface area contributed by atoms with Crippen LogP contribution in [0.15, 0.2) is 57.5 Å². The van der Waals surface area contributed by atoms with Gasteiger partial charge < -0.3 is 5.32 Å². The predicted molar refractivity (Wildman–Crippen MR) is 94.6 cm³/mol. The standard InChI is InChI=1S/C18H14Br2FN/c19-11-4-1-3-10(7-11)17-14-6-2-5-13(14)15-8-12(20)9-16(21)18(15)22-17/h1-5,7-9,13-14,17,22H,6H2/t13-,14-,17-/m1/s1. The van der Waals surface area contributed by atoms with Gasteiger partial charge in [-0.2, -0.15) is 0 Å². The first-order valence-electron chi connectivity index (χ1n) is 7.31. The molecule has 2 aromatic rings. The molecule has 0 saturated heterocycles. The van der Waals surface area contributed by atoms with Gasteiger partial charge in [0.2, 0.25) is 0 Å². The topological polar surface area (TPSA) is 12.0 Å². The lowest BCUT2D eigenvalue weighted by molar-refractivity contribution is 0.420. The Bertz CT molecular complexity index is 772. The van der Waals surface area contributed by atoms with E-state index in [1.165, 1.54) is 11.6 Å². The number of allylic oxidation sites excluding steroid dienone is 2. The van der Waals surface area contributed by atoms with Crippen LogP contribution in [0.5, 0.6) is 0 Å². The van der Waals surface area contributed by atoms with Crippen molar-refractivity contribution in [3.8, 4) is 0 Å². The highest BCUT2D eigenvalue weighted by atomic mass is 79.9. The molecule has 1 nitrogen and oxygen atoms in total. The fraction of sp³-hybridized carbons (Fsp3) is 0.222. The highest BCUT2D eigenvalue weighted by molar-refractivity contribution is 9.10. The average molecular weight is 423 g/mol. The normalized spacial score (nSPS) is 25.5. The van der Waals surface area contributed by atoms with E-state index in [1.54, 1.807) is 0 Å². The zero-order chi connectivity index (χ0) is 15.3. The van der Waals surface area contributed by atoms with Gasteiger partial charge >= 0.3 is 0 Å². The van der Waals surface area contributed by atoms with E-state index in [1.807, 2.05) is 18.2 Å². The number of nitrogens with one attached hydrogen (secondary N) is 1. The van der Waals surface area contributed by atoms with Crippen molar-refractivity contribution in [3.63, 3.8) is 0 Å². The summed E-state index contributed by atoms with van der Waals surface area (Å²) in [5, 5.41) is 3.45. The minimum Gasteiger partial charge on any atom is -0.375 e. The van der Waals surface area contributed by atoms with Gasteiger partial charge in [-0.15, -0.1) is 0 Å². The summed E-state index contributed by atoms with van der Waals surface area (Å²) in [4.78, 5) is 0. The van der Waals surface area contributed by atoms with E-state index in [0.717, 1.165) is 20.9 Å². The van der Waals surface area contributed by atoms with Crippen molar-refractivity contribution in [1.29, 1.82) is 0 Å². The predicted octanol–water partition coefficient (Wildman–Crippen LogP) is 6.18. The Morgan fingerprint density at radius 1 is 1.09 bits per heavy atom. The maximum atomic E-state index is 14.4. The third-order valence-electron chi connectivity index (χ3n) is 4.59. The zero-order valence-corrected chi connectivity index (χ0v) is 14.9. The molecule has 0 saturated carbocycles. The van der Waals surface area contributed by atoms with Gasteiger partial charge in [0.1, 0.15) is 5.82 Å². The highest BCUT2D eigenvalue weighted by Crippen LogP contribution is 2.51. The van der Waals surface area contributed by atoms with Crippen LogP contribution < -0.4 is 5.32 Å². The smallest absolute Gasteiger partial charge is 0.147 e. The van der Waals surface area contributed by atoms with Crippen molar-refractivity contribution >= 4 is 37.5 Å². The number of halogens is 3. The summed E-state index contributed by atoms with van der Waals surface area (Å²) >= 11 is 6.94. The van der Waals surface area contributed by atoms with Crippen LogP contribution in [0, 0.1) is 11.7 Å². The van der Waals surface area contributed by atoms with E-state index < -0.39 is 0 Å². The van der Waals surface area contributed by atoms with E-state index in [2.05, 4.69) is 61.5 Å². The Kier molecular flexibility index (Phi) is 3.61. The minimum atomic E-state index is -0.192. The first kappa shape index (κ1) is 14.5. The molecule has 1 aliphatic heterocycles. The Hall–Kier alpha value is -1.13. The molecule has 0 fully saturated rings. The number of benzene rings is 2. The van der Waals surface area contributed by atoms with Crippen molar-refractivity contribution < 1.29 is 4.39 Å². The van der Waals surface area contributed by atoms with Gasteiger partial charge in [-0.05, 0) is 47.7 Å². The molecule has 112 valence electrons. The lowest BCUT2D eigenvalue weighted by atomic mass is 9.77. The van der Waals surface area contributed by atoms with Gasteiger partial charge in [0, 0.05) is 14.9 Å². The van der Waals surface area contributed by atoms with Crippen LogP contribution in [-0.4, -0.2) is 0 Å². The number of rotatable bonds is 1. The fourth-order valence-corrected chi connectivity index (χ4v) is 4.52. The summed E-state index contributed by atoms with van der Waals surface area (Å²) in [6.45, 7) is 0. The van der Waals surface area contributed by atoms with Crippen molar-refractivity contribution in [2.24, 2.45) is 5.92 Å². The molecular weight excluding hydrogens is 409 g/mol. The van der Waals surface area contributed by atoms with Gasteiger partial charge in [0.25, 0.3) is 0 Å². The second-order valence-corrected chi connectivity index (χ2v) is 7.71. The van der Waals surface area contributed by atoms with Gasteiger partial charge in [-0.25, -0.2) is 4.39 Å². The van der Waals surface area contributed by atoms with Crippen LogP contribution >= 0.6 is 31.9 Å². The molecule has 3 atom stereocenters. The quantitative estimate of drug-likeness (QED) is 0.541. The second kappa shape index (κ2) is 5.50. The molecule has 22 heavy (non-hydrogen) atoms. The van der Waals surface area contributed by atoms with Gasteiger partial charge in [-0.1, -0.05) is 56.1 Å². The van der Waals surface area contributed by atoms with Crippen molar-refractivity contribution in [1.82, 2.24) is 0 Å². The number of fused-ring (bicyclic) bond motifs is 3. The molecular formula is C18H14Br2FN. The molecule has 0 bridgehead atoms. The van der Waals surface area contributed by atoms with Crippen molar-refractivity contribution in [3.05, 3.63) is 74.4 Å². The number of anilines is 1. The molecule has 4 rings (SSSR count). The van der Waals surface area contributed by atoms with Gasteiger partial charge in [0.15, 0.2) is 0 Å². The molecule has 0 spiro atoms. The Balaban J connectivity index is 1.84. The van der Waals surface area contributed by atoms with Crippen molar-refractivity contribution in [2.45, 2.75) is 18.4 Å².